The summed E-state index contributed by atoms with van der Waals surface area (Å²) in [5.41, 5.74) is 3.08. The molecule has 0 fully saturated rings. The van der Waals surface area contributed by atoms with Crippen molar-refractivity contribution in [3.63, 3.8) is 0 Å². The van der Waals surface area contributed by atoms with Crippen LogP contribution in [-0.4, -0.2) is 31.1 Å². The molecule has 1 aromatic rings. The minimum absolute atomic E-state index is 0.562. The summed E-state index contributed by atoms with van der Waals surface area (Å²) in [5, 5.41) is 3.77. The molecular formula is C18H30N2. The Bertz CT molecular complexity index is 414. The lowest BCUT2D eigenvalue weighted by molar-refractivity contribution is 0.266. The molecule has 0 bridgehead atoms. The molecule has 1 aromatic carbocycles. The molecule has 0 radical (unpaired) electrons. The Balaban J connectivity index is 1.84. The first-order chi connectivity index (χ1) is 9.59. The van der Waals surface area contributed by atoms with E-state index in [9.17, 15) is 0 Å². The monoisotopic (exact) mass is 274 g/mol. The summed E-state index contributed by atoms with van der Waals surface area (Å²) in [6.45, 7) is 9.16. The summed E-state index contributed by atoms with van der Waals surface area (Å²) < 4.78 is 0. The summed E-state index contributed by atoms with van der Waals surface area (Å²) in [6.07, 6.45) is 3.81. The third-order valence-electron chi connectivity index (χ3n) is 4.75. The van der Waals surface area contributed by atoms with Crippen molar-refractivity contribution in [3.05, 3.63) is 35.4 Å². The molecule has 0 aliphatic heterocycles. The van der Waals surface area contributed by atoms with Gasteiger partial charge in [-0.2, -0.15) is 0 Å². The van der Waals surface area contributed by atoms with Gasteiger partial charge in [0, 0.05) is 12.1 Å². The molecule has 112 valence electrons. The Hall–Kier alpha value is -0.860. The number of hydrogen-bond donors (Lipinski definition) is 1. The van der Waals surface area contributed by atoms with Crippen LogP contribution in [0.2, 0.25) is 0 Å². The van der Waals surface area contributed by atoms with E-state index in [1.807, 2.05) is 0 Å². The molecule has 0 saturated carbocycles. The molecule has 2 unspecified atom stereocenters. The van der Waals surface area contributed by atoms with E-state index in [1.165, 1.54) is 31.4 Å². The largest absolute Gasteiger partial charge is 0.310 e. The summed E-state index contributed by atoms with van der Waals surface area (Å²) in [6, 6.07) is 10.2. The molecule has 20 heavy (non-hydrogen) atoms. The number of fused-ring (bicyclic) bond motifs is 1. The molecular weight excluding hydrogens is 244 g/mol. The van der Waals surface area contributed by atoms with Crippen LogP contribution in [0.1, 0.15) is 63.1 Å². The second kappa shape index (κ2) is 7.24. The van der Waals surface area contributed by atoms with Crippen LogP contribution in [0.5, 0.6) is 0 Å². The second-order valence-corrected chi connectivity index (χ2v) is 6.54. The number of benzene rings is 1. The van der Waals surface area contributed by atoms with Crippen LogP contribution in [0.4, 0.5) is 0 Å². The van der Waals surface area contributed by atoms with Gasteiger partial charge in [0.15, 0.2) is 0 Å². The average Bonchev–Trinajstić information content (AvgIpc) is 2.45. The summed E-state index contributed by atoms with van der Waals surface area (Å²) in [4.78, 5) is 2.42. The van der Waals surface area contributed by atoms with E-state index in [0.717, 1.165) is 12.5 Å². The minimum Gasteiger partial charge on any atom is -0.310 e. The number of hydrogen-bond acceptors (Lipinski definition) is 2. The highest BCUT2D eigenvalue weighted by molar-refractivity contribution is 5.34. The van der Waals surface area contributed by atoms with E-state index in [1.54, 1.807) is 5.56 Å². The number of nitrogens with one attached hydrogen (secondary N) is 1. The van der Waals surface area contributed by atoms with Gasteiger partial charge in [-0.05, 0) is 70.3 Å². The average molecular weight is 274 g/mol. The normalized spacial score (nSPS) is 22.3. The van der Waals surface area contributed by atoms with Crippen molar-refractivity contribution in [1.29, 1.82) is 0 Å². The van der Waals surface area contributed by atoms with Crippen molar-refractivity contribution in [3.8, 4) is 0 Å². The van der Waals surface area contributed by atoms with Crippen LogP contribution in [0.15, 0.2) is 24.3 Å². The fraction of sp³-hybridized carbons (Fsp3) is 0.667. The Morgan fingerprint density at radius 2 is 1.90 bits per heavy atom. The van der Waals surface area contributed by atoms with Crippen molar-refractivity contribution in [2.75, 3.05) is 20.1 Å². The first-order valence-electron chi connectivity index (χ1n) is 8.12. The summed E-state index contributed by atoms with van der Waals surface area (Å²) in [5.74, 6) is 0.719. The molecule has 0 aromatic heterocycles. The zero-order valence-electron chi connectivity index (χ0n) is 13.5. The molecule has 1 aliphatic carbocycles. The first kappa shape index (κ1) is 15.5. The highest BCUT2D eigenvalue weighted by Crippen LogP contribution is 2.36. The van der Waals surface area contributed by atoms with E-state index in [2.05, 4.69) is 62.3 Å². The van der Waals surface area contributed by atoms with Crippen LogP contribution < -0.4 is 5.32 Å². The molecule has 0 saturated heterocycles. The smallest absolute Gasteiger partial charge is 0.0323 e. The SMILES string of the molecule is CC1CCC(NCCCN(C)C(C)C)c2ccccc21. The van der Waals surface area contributed by atoms with Crippen molar-refractivity contribution < 1.29 is 0 Å². The second-order valence-electron chi connectivity index (χ2n) is 6.54. The Morgan fingerprint density at radius 1 is 1.20 bits per heavy atom. The first-order valence-corrected chi connectivity index (χ1v) is 8.12. The molecule has 2 rings (SSSR count). The van der Waals surface area contributed by atoms with Gasteiger partial charge in [-0.15, -0.1) is 0 Å². The third kappa shape index (κ3) is 3.83. The Labute approximate surface area is 124 Å². The van der Waals surface area contributed by atoms with Gasteiger partial charge in [-0.1, -0.05) is 31.2 Å². The van der Waals surface area contributed by atoms with Gasteiger partial charge in [0.2, 0.25) is 0 Å². The Kier molecular flexibility index (Phi) is 5.62. The van der Waals surface area contributed by atoms with Crippen LogP contribution in [0, 0.1) is 0 Å². The summed E-state index contributed by atoms with van der Waals surface area (Å²) in [7, 11) is 2.21. The van der Waals surface area contributed by atoms with Gasteiger partial charge in [-0.3, -0.25) is 0 Å². The van der Waals surface area contributed by atoms with Crippen LogP contribution in [0.25, 0.3) is 0 Å². The van der Waals surface area contributed by atoms with Gasteiger partial charge in [0.1, 0.15) is 0 Å². The highest BCUT2D eigenvalue weighted by atomic mass is 15.1. The maximum atomic E-state index is 3.77. The fourth-order valence-electron chi connectivity index (χ4n) is 3.08. The van der Waals surface area contributed by atoms with E-state index in [4.69, 9.17) is 0 Å². The molecule has 2 heteroatoms. The summed E-state index contributed by atoms with van der Waals surface area (Å²) >= 11 is 0. The molecule has 2 atom stereocenters. The van der Waals surface area contributed by atoms with E-state index in [0.29, 0.717) is 12.1 Å². The lowest BCUT2D eigenvalue weighted by Crippen LogP contribution is -2.31. The van der Waals surface area contributed by atoms with Gasteiger partial charge in [0.05, 0.1) is 0 Å². The molecule has 0 amide bonds. The zero-order chi connectivity index (χ0) is 14.5. The molecule has 1 N–H and O–H groups in total. The fourth-order valence-corrected chi connectivity index (χ4v) is 3.08. The predicted molar refractivity (Wildman–Crippen MR) is 87.2 cm³/mol. The van der Waals surface area contributed by atoms with Gasteiger partial charge in [0.25, 0.3) is 0 Å². The van der Waals surface area contributed by atoms with Crippen LogP contribution >= 0.6 is 0 Å². The van der Waals surface area contributed by atoms with Crippen molar-refractivity contribution >= 4 is 0 Å². The van der Waals surface area contributed by atoms with Crippen molar-refractivity contribution in [2.45, 2.75) is 58.0 Å². The maximum absolute atomic E-state index is 3.77. The standard InChI is InChI=1S/C18H30N2/c1-14(2)20(4)13-7-12-19-18-11-10-15(3)16-8-5-6-9-17(16)18/h5-6,8-9,14-15,18-19H,7,10-13H2,1-4H3. The van der Waals surface area contributed by atoms with Gasteiger partial charge in [-0.25, -0.2) is 0 Å². The van der Waals surface area contributed by atoms with Crippen molar-refractivity contribution in [2.24, 2.45) is 0 Å². The molecule has 2 nitrogen and oxygen atoms in total. The highest BCUT2D eigenvalue weighted by Gasteiger charge is 2.23. The van der Waals surface area contributed by atoms with Gasteiger partial charge >= 0.3 is 0 Å². The maximum Gasteiger partial charge on any atom is 0.0323 e. The van der Waals surface area contributed by atoms with E-state index in [-0.39, 0.29) is 0 Å². The van der Waals surface area contributed by atoms with Crippen molar-refractivity contribution in [1.82, 2.24) is 10.2 Å². The lowest BCUT2D eigenvalue weighted by atomic mass is 9.81. The van der Waals surface area contributed by atoms with E-state index < -0.39 is 0 Å². The van der Waals surface area contributed by atoms with Crippen LogP contribution in [0.3, 0.4) is 0 Å². The number of rotatable bonds is 6. The Morgan fingerprint density at radius 3 is 2.60 bits per heavy atom. The number of nitrogens with zero attached hydrogens (tertiary/aromatic N) is 1. The zero-order valence-corrected chi connectivity index (χ0v) is 13.5. The van der Waals surface area contributed by atoms with Gasteiger partial charge < -0.3 is 10.2 Å². The third-order valence-corrected chi connectivity index (χ3v) is 4.75. The molecule has 1 aliphatic rings. The lowest BCUT2D eigenvalue weighted by Gasteiger charge is -2.31. The molecule has 0 heterocycles. The molecule has 0 spiro atoms. The van der Waals surface area contributed by atoms with E-state index >= 15 is 0 Å². The predicted octanol–water partition coefficient (Wildman–Crippen LogP) is 3.94. The topological polar surface area (TPSA) is 15.3 Å². The minimum atomic E-state index is 0.562. The van der Waals surface area contributed by atoms with Crippen LogP contribution in [-0.2, 0) is 0 Å². The quantitative estimate of drug-likeness (QED) is 0.790.